The second-order valence-corrected chi connectivity index (χ2v) is 7.11. The highest BCUT2D eigenvalue weighted by molar-refractivity contribution is 9.10. The highest BCUT2D eigenvalue weighted by Crippen LogP contribution is 2.20. The Morgan fingerprint density at radius 2 is 1.80 bits per heavy atom. The predicted octanol–water partition coefficient (Wildman–Crippen LogP) is 4.36. The van der Waals surface area contributed by atoms with Gasteiger partial charge in [0.2, 0.25) is 0 Å². The Kier molecular flexibility index (Phi) is 6.06. The number of likely N-dealkylation sites (tertiary alicyclic amines) is 1. The quantitative estimate of drug-likeness (QED) is 0.877. The van der Waals surface area contributed by atoms with E-state index in [0.717, 1.165) is 4.47 Å². The number of nitrogens with one attached hydrogen (secondary N) is 1. The summed E-state index contributed by atoms with van der Waals surface area (Å²) in [5.74, 6) is 0. The fourth-order valence-corrected chi connectivity index (χ4v) is 3.27. The lowest BCUT2D eigenvalue weighted by molar-refractivity contribution is 0.228. The predicted molar refractivity (Wildman–Crippen MR) is 90.0 cm³/mol. The van der Waals surface area contributed by atoms with Crippen LogP contribution in [0.2, 0.25) is 0 Å². The van der Waals surface area contributed by atoms with Crippen molar-refractivity contribution in [2.24, 2.45) is 0 Å². The third-order valence-corrected chi connectivity index (χ3v) is 4.88. The van der Waals surface area contributed by atoms with Crippen molar-refractivity contribution in [1.29, 1.82) is 0 Å². The Balaban J connectivity index is 1.88. The second-order valence-electron chi connectivity index (χ2n) is 6.20. The molecule has 112 valence electrons. The van der Waals surface area contributed by atoms with Crippen LogP contribution in [0.15, 0.2) is 28.7 Å². The summed E-state index contributed by atoms with van der Waals surface area (Å²) in [7, 11) is 0. The third-order valence-electron chi connectivity index (χ3n) is 4.35. The summed E-state index contributed by atoms with van der Waals surface area (Å²) in [6.45, 7) is 9.36. The molecule has 0 amide bonds. The van der Waals surface area contributed by atoms with Crippen LogP contribution in [0.25, 0.3) is 0 Å². The Bertz CT molecular complexity index is 402. The van der Waals surface area contributed by atoms with Crippen molar-refractivity contribution in [3.8, 4) is 0 Å². The van der Waals surface area contributed by atoms with Crippen LogP contribution in [-0.2, 0) is 0 Å². The molecule has 0 spiro atoms. The van der Waals surface area contributed by atoms with Crippen LogP contribution in [0.3, 0.4) is 0 Å². The van der Waals surface area contributed by atoms with Crippen LogP contribution in [-0.4, -0.2) is 30.1 Å². The van der Waals surface area contributed by atoms with Gasteiger partial charge in [-0.1, -0.05) is 28.1 Å². The van der Waals surface area contributed by atoms with Crippen LogP contribution in [0.5, 0.6) is 0 Å². The average Bonchev–Trinajstić information content (AvgIpc) is 2.65. The van der Waals surface area contributed by atoms with E-state index < -0.39 is 0 Å². The molecule has 3 heteroatoms. The van der Waals surface area contributed by atoms with Crippen molar-refractivity contribution in [3.63, 3.8) is 0 Å². The first kappa shape index (κ1) is 16.0. The van der Waals surface area contributed by atoms with E-state index in [-0.39, 0.29) is 0 Å². The molecular weight excluding hydrogens is 312 g/mol. The molecule has 1 heterocycles. The van der Waals surface area contributed by atoms with E-state index in [1.807, 2.05) is 0 Å². The van der Waals surface area contributed by atoms with E-state index in [4.69, 9.17) is 0 Å². The summed E-state index contributed by atoms with van der Waals surface area (Å²) in [5.41, 5.74) is 1.37. The zero-order valence-electron chi connectivity index (χ0n) is 12.9. The molecular formula is C17H27BrN2. The van der Waals surface area contributed by atoms with Gasteiger partial charge >= 0.3 is 0 Å². The lowest BCUT2D eigenvalue weighted by Crippen LogP contribution is -2.34. The van der Waals surface area contributed by atoms with Gasteiger partial charge in [-0.2, -0.15) is 0 Å². The molecule has 2 nitrogen and oxygen atoms in total. The largest absolute Gasteiger partial charge is 0.307 e. The topological polar surface area (TPSA) is 15.3 Å². The Morgan fingerprint density at radius 1 is 1.10 bits per heavy atom. The van der Waals surface area contributed by atoms with Gasteiger partial charge in [-0.25, -0.2) is 0 Å². The summed E-state index contributed by atoms with van der Waals surface area (Å²) < 4.78 is 1.15. The lowest BCUT2D eigenvalue weighted by Gasteiger charge is -2.25. The van der Waals surface area contributed by atoms with Crippen molar-refractivity contribution in [3.05, 3.63) is 34.3 Å². The lowest BCUT2D eigenvalue weighted by atomic mass is 10.0. The molecule has 20 heavy (non-hydrogen) atoms. The first-order chi connectivity index (χ1) is 9.56. The van der Waals surface area contributed by atoms with Gasteiger partial charge in [0.05, 0.1) is 0 Å². The van der Waals surface area contributed by atoms with E-state index in [9.17, 15) is 0 Å². The minimum absolute atomic E-state index is 0.429. The molecule has 0 aromatic heterocycles. The molecule has 0 radical (unpaired) electrons. The molecule has 2 atom stereocenters. The van der Waals surface area contributed by atoms with E-state index >= 15 is 0 Å². The Hall–Kier alpha value is -0.380. The molecule has 2 rings (SSSR count). The number of rotatable bonds is 4. The van der Waals surface area contributed by atoms with Crippen molar-refractivity contribution in [2.75, 3.05) is 13.1 Å². The smallest absolute Gasteiger partial charge is 0.0294 e. The summed E-state index contributed by atoms with van der Waals surface area (Å²) in [4.78, 5) is 2.60. The molecule has 0 saturated carbocycles. The SMILES string of the molecule is CC(C)N1CCCC(N[C@@H](C)c2ccc(Br)cc2)CC1. The van der Waals surface area contributed by atoms with Gasteiger partial charge < -0.3 is 10.2 Å². The summed E-state index contributed by atoms with van der Waals surface area (Å²) in [6.07, 6.45) is 3.87. The first-order valence-electron chi connectivity index (χ1n) is 7.82. The van der Waals surface area contributed by atoms with Crippen LogP contribution in [0.1, 0.15) is 51.6 Å². The Morgan fingerprint density at radius 3 is 2.45 bits per heavy atom. The molecule has 1 aliphatic rings. The minimum atomic E-state index is 0.429. The molecule has 0 aliphatic carbocycles. The molecule has 1 N–H and O–H groups in total. The van der Waals surface area contributed by atoms with Crippen molar-refractivity contribution >= 4 is 15.9 Å². The zero-order valence-corrected chi connectivity index (χ0v) is 14.5. The summed E-state index contributed by atoms with van der Waals surface area (Å²) in [5, 5.41) is 3.81. The number of nitrogens with zero attached hydrogens (tertiary/aromatic N) is 1. The average molecular weight is 339 g/mol. The third kappa shape index (κ3) is 4.57. The number of hydrogen-bond donors (Lipinski definition) is 1. The van der Waals surface area contributed by atoms with Gasteiger partial charge in [0.15, 0.2) is 0 Å². The molecule has 1 aromatic rings. The maximum atomic E-state index is 3.81. The maximum absolute atomic E-state index is 3.81. The summed E-state index contributed by atoms with van der Waals surface area (Å²) in [6, 6.07) is 10.4. The standard InChI is InChI=1S/C17H27BrN2/c1-13(2)20-11-4-5-17(10-12-20)19-14(3)15-6-8-16(18)9-7-15/h6-9,13-14,17,19H,4-5,10-12H2,1-3H3/t14-,17?/m0/s1. The summed E-state index contributed by atoms with van der Waals surface area (Å²) >= 11 is 3.50. The van der Waals surface area contributed by atoms with Gasteiger partial charge in [-0.05, 0) is 70.8 Å². The molecule has 1 aromatic carbocycles. The molecule has 1 fully saturated rings. The normalized spacial score (nSPS) is 22.8. The zero-order chi connectivity index (χ0) is 14.5. The van der Waals surface area contributed by atoms with Crippen molar-refractivity contribution < 1.29 is 0 Å². The maximum Gasteiger partial charge on any atom is 0.0294 e. The van der Waals surface area contributed by atoms with Crippen LogP contribution >= 0.6 is 15.9 Å². The van der Waals surface area contributed by atoms with Gasteiger partial charge in [-0.15, -0.1) is 0 Å². The number of hydrogen-bond acceptors (Lipinski definition) is 2. The highest BCUT2D eigenvalue weighted by Gasteiger charge is 2.20. The van der Waals surface area contributed by atoms with Crippen LogP contribution in [0.4, 0.5) is 0 Å². The van der Waals surface area contributed by atoms with Crippen LogP contribution in [0, 0.1) is 0 Å². The highest BCUT2D eigenvalue weighted by atomic mass is 79.9. The van der Waals surface area contributed by atoms with E-state index in [2.05, 4.69) is 71.2 Å². The van der Waals surface area contributed by atoms with Gasteiger partial charge in [-0.3, -0.25) is 0 Å². The Labute approximate surface area is 132 Å². The van der Waals surface area contributed by atoms with E-state index in [1.54, 1.807) is 0 Å². The second kappa shape index (κ2) is 7.58. The minimum Gasteiger partial charge on any atom is -0.307 e. The van der Waals surface area contributed by atoms with Gasteiger partial charge in [0.1, 0.15) is 0 Å². The number of benzene rings is 1. The van der Waals surface area contributed by atoms with E-state index in [0.29, 0.717) is 18.1 Å². The fraction of sp³-hybridized carbons (Fsp3) is 0.647. The number of halogens is 1. The monoisotopic (exact) mass is 338 g/mol. The molecule has 1 aliphatic heterocycles. The van der Waals surface area contributed by atoms with Crippen LogP contribution < -0.4 is 5.32 Å². The van der Waals surface area contributed by atoms with Crippen molar-refractivity contribution in [1.82, 2.24) is 10.2 Å². The fourth-order valence-electron chi connectivity index (χ4n) is 3.00. The van der Waals surface area contributed by atoms with Gasteiger partial charge in [0.25, 0.3) is 0 Å². The molecule has 1 unspecified atom stereocenters. The molecule has 1 saturated heterocycles. The first-order valence-corrected chi connectivity index (χ1v) is 8.61. The van der Waals surface area contributed by atoms with E-state index in [1.165, 1.54) is 37.9 Å². The van der Waals surface area contributed by atoms with Crippen molar-refractivity contribution in [2.45, 2.75) is 58.2 Å². The molecule has 0 bridgehead atoms. The van der Waals surface area contributed by atoms with Gasteiger partial charge in [0, 0.05) is 22.6 Å².